The molecule has 2 heterocycles. The lowest BCUT2D eigenvalue weighted by Gasteiger charge is -2.30. The van der Waals surface area contributed by atoms with Crippen molar-refractivity contribution in [2.24, 2.45) is 5.92 Å². The Bertz CT molecular complexity index is 412. The Morgan fingerprint density at radius 3 is 2.78 bits per heavy atom. The molecule has 2 rings (SSSR count). The molecule has 18 heavy (non-hydrogen) atoms. The van der Waals surface area contributed by atoms with Gasteiger partial charge in [-0.15, -0.1) is 0 Å². The molecule has 98 valence electrons. The highest BCUT2D eigenvalue weighted by Crippen LogP contribution is 2.19. The Kier molecular flexibility index (Phi) is 4.31. The predicted molar refractivity (Wildman–Crippen MR) is 69.5 cm³/mol. The summed E-state index contributed by atoms with van der Waals surface area (Å²) in [6.07, 6.45) is 1.94. The van der Waals surface area contributed by atoms with E-state index in [0.717, 1.165) is 38.2 Å². The lowest BCUT2D eigenvalue weighted by molar-refractivity contribution is -0.122. The highest BCUT2D eigenvalue weighted by Gasteiger charge is 2.22. The Morgan fingerprint density at radius 1 is 1.44 bits per heavy atom. The molecule has 0 atom stereocenters. The number of Topliss-reactive ketones (excluding diaryl/α,β-unsaturated/α-hetero) is 1. The van der Waals surface area contributed by atoms with Crippen molar-refractivity contribution >= 4 is 5.78 Å². The Balaban J connectivity index is 1.89. The van der Waals surface area contributed by atoms with E-state index in [-0.39, 0.29) is 5.92 Å². The fourth-order valence-corrected chi connectivity index (χ4v) is 2.39. The van der Waals surface area contributed by atoms with Crippen LogP contribution in [-0.4, -0.2) is 35.9 Å². The molecule has 0 unspecified atom stereocenters. The SMILES string of the molecule is COc1cccc(CN2CCC(C(C)=O)CC2)n1. The van der Waals surface area contributed by atoms with Crippen LogP contribution in [0.5, 0.6) is 5.88 Å². The molecule has 0 spiro atoms. The van der Waals surface area contributed by atoms with E-state index in [1.807, 2.05) is 18.2 Å². The van der Waals surface area contributed by atoms with E-state index in [1.54, 1.807) is 14.0 Å². The van der Waals surface area contributed by atoms with Gasteiger partial charge < -0.3 is 4.74 Å². The average Bonchev–Trinajstić information content (AvgIpc) is 2.39. The first kappa shape index (κ1) is 13.0. The fourth-order valence-electron chi connectivity index (χ4n) is 2.39. The second-order valence-corrected chi connectivity index (χ2v) is 4.83. The van der Waals surface area contributed by atoms with Crippen molar-refractivity contribution < 1.29 is 9.53 Å². The lowest BCUT2D eigenvalue weighted by Crippen LogP contribution is -2.35. The zero-order valence-electron chi connectivity index (χ0n) is 11.1. The van der Waals surface area contributed by atoms with E-state index in [2.05, 4.69) is 9.88 Å². The molecule has 0 aromatic carbocycles. The van der Waals surface area contributed by atoms with E-state index in [9.17, 15) is 4.79 Å². The third-order valence-electron chi connectivity index (χ3n) is 3.54. The van der Waals surface area contributed by atoms with Gasteiger partial charge in [0.1, 0.15) is 5.78 Å². The molecule has 0 N–H and O–H groups in total. The standard InChI is InChI=1S/C14H20N2O2/c1-11(17)12-6-8-16(9-7-12)10-13-4-3-5-14(15-13)18-2/h3-5,12H,6-10H2,1-2H3. The first-order chi connectivity index (χ1) is 8.69. The number of hydrogen-bond donors (Lipinski definition) is 0. The highest BCUT2D eigenvalue weighted by atomic mass is 16.5. The van der Waals surface area contributed by atoms with Gasteiger partial charge in [0.2, 0.25) is 5.88 Å². The van der Waals surface area contributed by atoms with Gasteiger partial charge in [0.25, 0.3) is 0 Å². The molecule has 4 heteroatoms. The van der Waals surface area contributed by atoms with Gasteiger partial charge >= 0.3 is 0 Å². The third-order valence-corrected chi connectivity index (χ3v) is 3.54. The summed E-state index contributed by atoms with van der Waals surface area (Å²) in [4.78, 5) is 18.1. The van der Waals surface area contributed by atoms with E-state index >= 15 is 0 Å². The number of aromatic nitrogens is 1. The summed E-state index contributed by atoms with van der Waals surface area (Å²) in [6, 6.07) is 5.83. The summed E-state index contributed by atoms with van der Waals surface area (Å²) in [5.74, 6) is 1.25. The van der Waals surface area contributed by atoms with Crippen LogP contribution in [0, 0.1) is 5.92 Å². The number of carbonyl (C=O) groups is 1. The second-order valence-electron chi connectivity index (χ2n) is 4.83. The van der Waals surface area contributed by atoms with Crippen molar-refractivity contribution in [3.63, 3.8) is 0 Å². The van der Waals surface area contributed by atoms with Gasteiger partial charge in [0, 0.05) is 18.5 Å². The van der Waals surface area contributed by atoms with E-state index in [0.29, 0.717) is 11.7 Å². The molecule has 0 bridgehead atoms. The molecule has 0 amide bonds. The number of ether oxygens (including phenoxy) is 1. The van der Waals surface area contributed by atoms with E-state index in [4.69, 9.17) is 4.74 Å². The minimum Gasteiger partial charge on any atom is -0.481 e. The Labute approximate surface area is 108 Å². The molecule has 1 aliphatic heterocycles. The number of methoxy groups -OCH3 is 1. The topological polar surface area (TPSA) is 42.4 Å². The van der Waals surface area contributed by atoms with Crippen LogP contribution in [0.15, 0.2) is 18.2 Å². The molecule has 0 radical (unpaired) electrons. The van der Waals surface area contributed by atoms with Gasteiger partial charge in [-0.3, -0.25) is 9.69 Å². The molecular weight excluding hydrogens is 228 g/mol. The molecule has 4 nitrogen and oxygen atoms in total. The van der Waals surface area contributed by atoms with Gasteiger partial charge in [0.15, 0.2) is 0 Å². The molecule has 1 aliphatic rings. The van der Waals surface area contributed by atoms with Gasteiger partial charge in [-0.05, 0) is 38.9 Å². The van der Waals surface area contributed by atoms with Gasteiger partial charge in [-0.1, -0.05) is 6.07 Å². The smallest absolute Gasteiger partial charge is 0.213 e. The lowest BCUT2D eigenvalue weighted by atomic mass is 9.93. The number of nitrogens with zero attached hydrogens (tertiary/aromatic N) is 2. The molecule has 0 saturated carbocycles. The molecular formula is C14H20N2O2. The maximum Gasteiger partial charge on any atom is 0.213 e. The predicted octanol–water partition coefficient (Wildman–Crippen LogP) is 1.89. The van der Waals surface area contributed by atoms with Crippen LogP contribution in [0.1, 0.15) is 25.5 Å². The first-order valence-corrected chi connectivity index (χ1v) is 6.42. The van der Waals surface area contributed by atoms with Gasteiger partial charge in [0.05, 0.1) is 12.8 Å². The van der Waals surface area contributed by atoms with Gasteiger partial charge in [-0.25, -0.2) is 4.98 Å². The zero-order chi connectivity index (χ0) is 13.0. The van der Waals surface area contributed by atoms with Crippen LogP contribution in [0.4, 0.5) is 0 Å². The Hall–Kier alpha value is -1.42. The van der Waals surface area contributed by atoms with Gasteiger partial charge in [-0.2, -0.15) is 0 Å². The van der Waals surface area contributed by atoms with Crippen LogP contribution < -0.4 is 4.74 Å². The van der Waals surface area contributed by atoms with Crippen LogP contribution in [0.25, 0.3) is 0 Å². The monoisotopic (exact) mass is 248 g/mol. The van der Waals surface area contributed by atoms with Crippen molar-refractivity contribution in [1.82, 2.24) is 9.88 Å². The van der Waals surface area contributed by atoms with Crippen molar-refractivity contribution in [2.75, 3.05) is 20.2 Å². The zero-order valence-corrected chi connectivity index (χ0v) is 11.1. The fraction of sp³-hybridized carbons (Fsp3) is 0.571. The van der Waals surface area contributed by atoms with Crippen LogP contribution in [0.3, 0.4) is 0 Å². The summed E-state index contributed by atoms with van der Waals surface area (Å²) in [5, 5.41) is 0. The van der Waals surface area contributed by atoms with Crippen molar-refractivity contribution in [1.29, 1.82) is 0 Å². The van der Waals surface area contributed by atoms with E-state index < -0.39 is 0 Å². The summed E-state index contributed by atoms with van der Waals surface area (Å²) < 4.78 is 5.12. The molecule has 1 saturated heterocycles. The summed E-state index contributed by atoms with van der Waals surface area (Å²) in [5.41, 5.74) is 1.02. The van der Waals surface area contributed by atoms with Crippen molar-refractivity contribution in [3.05, 3.63) is 23.9 Å². The third kappa shape index (κ3) is 3.29. The van der Waals surface area contributed by atoms with Crippen molar-refractivity contribution in [2.45, 2.75) is 26.3 Å². The number of piperidine rings is 1. The number of likely N-dealkylation sites (tertiary alicyclic amines) is 1. The Morgan fingerprint density at radius 2 is 2.17 bits per heavy atom. The molecule has 0 aliphatic carbocycles. The minimum atomic E-state index is 0.263. The first-order valence-electron chi connectivity index (χ1n) is 6.42. The normalized spacial score (nSPS) is 17.7. The van der Waals surface area contributed by atoms with Crippen LogP contribution >= 0.6 is 0 Å². The maximum atomic E-state index is 11.3. The van der Waals surface area contributed by atoms with Crippen molar-refractivity contribution in [3.8, 4) is 5.88 Å². The highest BCUT2D eigenvalue weighted by molar-refractivity contribution is 5.78. The largest absolute Gasteiger partial charge is 0.481 e. The molecule has 1 aromatic rings. The number of pyridine rings is 1. The summed E-state index contributed by atoms with van der Waals surface area (Å²) >= 11 is 0. The quantitative estimate of drug-likeness (QED) is 0.816. The molecule has 1 fully saturated rings. The maximum absolute atomic E-state index is 11.3. The van der Waals surface area contributed by atoms with E-state index in [1.165, 1.54) is 0 Å². The minimum absolute atomic E-state index is 0.263. The number of carbonyl (C=O) groups excluding carboxylic acids is 1. The number of rotatable bonds is 4. The number of hydrogen-bond acceptors (Lipinski definition) is 4. The van der Waals surface area contributed by atoms with Crippen LogP contribution in [0.2, 0.25) is 0 Å². The average molecular weight is 248 g/mol. The number of ketones is 1. The molecule has 1 aromatic heterocycles. The van der Waals surface area contributed by atoms with Crippen LogP contribution in [-0.2, 0) is 11.3 Å². The summed E-state index contributed by atoms with van der Waals surface area (Å²) in [6.45, 7) is 4.48. The second kappa shape index (κ2) is 5.96. The summed E-state index contributed by atoms with van der Waals surface area (Å²) in [7, 11) is 1.63.